The molecule has 158 valence electrons. The predicted molar refractivity (Wildman–Crippen MR) is 151 cm³/mol. The number of rotatable bonds is 4. The van der Waals surface area contributed by atoms with E-state index in [1.807, 2.05) is 42.9 Å². The van der Waals surface area contributed by atoms with Gasteiger partial charge in [-0.05, 0) is 30.0 Å². The van der Waals surface area contributed by atoms with Crippen LogP contribution in [-0.4, -0.2) is 64.7 Å². The highest BCUT2D eigenvalue weighted by molar-refractivity contribution is 6.67. The van der Waals surface area contributed by atoms with E-state index in [2.05, 4.69) is 59.5 Å². The molecule has 3 heterocycles. The number of amides is 1. The van der Waals surface area contributed by atoms with Gasteiger partial charge in [0.15, 0.2) is 0 Å². The number of anilines is 1. The van der Waals surface area contributed by atoms with Gasteiger partial charge < -0.3 is 9.88 Å². The van der Waals surface area contributed by atoms with Crippen LogP contribution in [0.2, 0.25) is 0 Å². The first-order chi connectivity index (χ1) is 15.7. The smallest absolute Gasteiger partial charge is 0.249 e. The Morgan fingerprint density at radius 3 is 2.15 bits per heavy atom. The Morgan fingerprint density at radius 2 is 1.52 bits per heavy atom. The maximum atomic E-state index is 12.7. The van der Waals surface area contributed by atoms with E-state index < -0.39 is 0 Å². The number of imidazole rings is 1. The molecule has 0 atom stereocenters. The molecule has 0 aliphatic heterocycles. The molecule has 3 aromatic heterocycles. The molecule has 0 saturated carbocycles. The van der Waals surface area contributed by atoms with Crippen LogP contribution in [0, 0.1) is 6.92 Å². The highest BCUT2D eigenvalue weighted by Gasteiger charge is 2.11. The summed E-state index contributed by atoms with van der Waals surface area (Å²) in [6.07, 6.45) is 8.80. The van der Waals surface area contributed by atoms with Crippen LogP contribution in [0.1, 0.15) is 11.4 Å². The van der Waals surface area contributed by atoms with E-state index in [1.54, 1.807) is 18.5 Å². The summed E-state index contributed by atoms with van der Waals surface area (Å²) in [6.45, 7) is 1.96. The largest absolute Gasteiger partial charge is 0.330 e. The van der Waals surface area contributed by atoms with Crippen molar-refractivity contribution >= 4 is 95.1 Å². The molecule has 1 N–H and O–H groups in total. The number of nitrogens with one attached hydrogen (secondary N) is 1. The summed E-state index contributed by atoms with van der Waals surface area (Å²) in [5, 5.41) is 4.74. The maximum Gasteiger partial charge on any atom is 0.249 e. The van der Waals surface area contributed by atoms with E-state index >= 15 is 0 Å². The zero-order chi connectivity index (χ0) is 23.9. The molecule has 0 aliphatic rings. The minimum Gasteiger partial charge on any atom is -0.330 e. The molecule has 0 radical (unpaired) electrons. The van der Waals surface area contributed by atoms with Gasteiger partial charge in [0.1, 0.15) is 50.9 Å². The van der Waals surface area contributed by atoms with Crippen molar-refractivity contribution in [2.24, 2.45) is 7.05 Å². The normalized spacial score (nSPS) is 11.3. The molecule has 6 nitrogen and oxygen atoms in total. The quantitative estimate of drug-likeness (QED) is 0.262. The standard InChI is InChI=1S/C22H24B5N5O/c1-10-28-9-15(32(10)2)14-5-11-6-16(30-8-12(11)7-29-14)31-17(33)4-3-13-18(23)20(25)22(27)21(26)19(13)24/h3-9H,23-27H2,1-2H3,(H,30,31,33)/b4-3+. The molecule has 0 fully saturated rings. The number of fused-ring (bicyclic) bond motifs is 1. The summed E-state index contributed by atoms with van der Waals surface area (Å²) in [5.74, 6) is 1.21. The monoisotopic (exact) mass is 429 g/mol. The van der Waals surface area contributed by atoms with Crippen LogP contribution < -0.4 is 32.6 Å². The van der Waals surface area contributed by atoms with E-state index in [4.69, 9.17) is 0 Å². The highest BCUT2D eigenvalue weighted by atomic mass is 16.1. The lowest BCUT2D eigenvalue weighted by molar-refractivity contribution is -0.111. The van der Waals surface area contributed by atoms with Crippen molar-refractivity contribution in [3.8, 4) is 11.4 Å². The first kappa shape index (κ1) is 22.7. The molecule has 33 heavy (non-hydrogen) atoms. The van der Waals surface area contributed by atoms with Crippen molar-refractivity contribution in [1.29, 1.82) is 0 Å². The number of pyridine rings is 2. The van der Waals surface area contributed by atoms with Gasteiger partial charge in [0, 0.05) is 30.9 Å². The Kier molecular flexibility index (Phi) is 6.06. The summed E-state index contributed by atoms with van der Waals surface area (Å²) in [4.78, 5) is 25.9. The minimum atomic E-state index is -0.215. The number of benzene rings is 1. The molecule has 0 unspecified atom stereocenters. The summed E-state index contributed by atoms with van der Waals surface area (Å²) >= 11 is 0. The van der Waals surface area contributed by atoms with Crippen molar-refractivity contribution in [2.45, 2.75) is 6.92 Å². The fraction of sp³-hybridized carbons (Fsp3) is 0.0909. The molecule has 0 spiro atoms. The van der Waals surface area contributed by atoms with E-state index in [0.29, 0.717) is 5.82 Å². The lowest BCUT2D eigenvalue weighted by Gasteiger charge is -2.17. The second-order valence-corrected chi connectivity index (χ2v) is 8.60. The van der Waals surface area contributed by atoms with Crippen molar-refractivity contribution in [3.63, 3.8) is 0 Å². The summed E-state index contributed by atoms with van der Waals surface area (Å²) in [6, 6.07) is 3.86. The fourth-order valence-corrected chi connectivity index (χ4v) is 4.09. The zero-order valence-electron chi connectivity index (χ0n) is 20.2. The van der Waals surface area contributed by atoms with Crippen LogP contribution in [0.25, 0.3) is 28.2 Å². The van der Waals surface area contributed by atoms with E-state index in [9.17, 15) is 4.79 Å². The Labute approximate surface area is 198 Å². The van der Waals surface area contributed by atoms with Crippen LogP contribution in [0.3, 0.4) is 0 Å². The second-order valence-electron chi connectivity index (χ2n) is 8.60. The number of carbonyl (C=O) groups is 1. The molecule has 1 amide bonds. The van der Waals surface area contributed by atoms with Gasteiger partial charge in [-0.25, -0.2) is 9.97 Å². The van der Waals surface area contributed by atoms with E-state index in [1.165, 1.54) is 27.3 Å². The molecule has 4 aromatic rings. The first-order valence-corrected chi connectivity index (χ1v) is 11.0. The number of aromatic nitrogens is 4. The Balaban J connectivity index is 1.59. The minimum absolute atomic E-state index is 0.215. The SMILES string of the molecule is Bc1c(B)c(B)c(/C=C/C(=O)Nc2cc3cc(-c4cnc(C)n4C)ncc3cn2)c(B)c1B. The Morgan fingerprint density at radius 1 is 0.879 bits per heavy atom. The molecule has 4 rings (SSSR count). The average Bonchev–Trinajstić information content (AvgIpc) is 3.14. The first-order valence-electron chi connectivity index (χ1n) is 11.0. The third-order valence-corrected chi connectivity index (χ3v) is 6.80. The van der Waals surface area contributed by atoms with Crippen LogP contribution in [0.15, 0.2) is 36.8 Å². The lowest BCUT2D eigenvalue weighted by atomic mass is 9.60. The van der Waals surface area contributed by atoms with Crippen LogP contribution >= 0.6 is 0 Å². The zero-order valence-corrected chi connectivity index (χ0v) is 20.2. The van der Waals surface area contributed by atoms with Gasteiger partial charge in [-0.2, -0.15) is 0 Å². The lowest BCUT2D eigenvalue weighted by Crippen LogP contribution is -2.55. The molecule has 11 heteroatoms. The summed E-state index contributed by atoms with van der Waals surface area (Å²) in [7, 11) is 12.6. The highest BCUT2D eigenvalue weighted by Crippen LogP contribution is 2.23. The molecule has 0 bridgehead atoms. The number of aryl methyl sites for hydroxylation is 1. The van der Waals surface area contributed by atoms with Gasteiger partial charge in [0.05, 0.1) is 17.6 Å². The van der Waals surface area contributed by atoms with E-state index in [0.717, 1.165) is 33.5 Å². The number of nitrogens with zero attached hydrogens (tertiary/aromatic N) is 4. The van der Waals surface area contributed by atoms with Gasteiger partial charge in [-0.3, -0.25) is 9.78 Å². The molecule has 1 aromatic carbocycles. The van der Waals surface area contributed by atoms with Crippen molar-refractivity contribution in [1.82, 2.24) is 19.5 Å². The van der Waals surface area contributed by atoms with Crippen molar-refractivity contribution in [3.05, 3.63) is 48.2 Å². The van der Waals surface area contributed by atoms with Crippen LogP contribution in [0.4, 0.5) is 5.82 Å². The van der Waals surface area contributed by atoms with Gasteiger partial charge in [-0.1, -0.05) is 17.0 Å². The Bertz CT molecular complexity index is 1420. The van der Waals surface area contributed by atoms with Gasteiger partial charge in [-0.15, -0.1) is 16.4 Å². The third kappa shape index (κ3) is 4.27. The average molecular weight is 429 g/mol. The third-order valence-electron chi connectivity index (χ3n) is 6.80. The number of hydrogen-bond acceptors (Lipinski definition) is 4. The van der Waals surface area contributed by atoms with Gasteiger partial charge >= 0.3 is 0 Å². The Hall–Kier alpha value is -3.48. The van der Waals surface area contributed by atoms with Crippen molar-refractivity contribution in [2.75, 3.05) is 5.32 Å². The fourth-order valence-electron chi connectivity index (χ4n) is 4.09. The van der Waals surface area contributed by atoms with Gasteiger partial charge in [0.2, 0.25) is 5.91 Å². The number of hydrogen-bond donors (Lipinski definition) is 1. The second kappa shape index (κ2) is 8.81. The number of carbonyl (C=O) groups excluding carboxylic acids is 1. The van der Waals surface area contributed by atoms with Crippen molar-refractivity contribution < 1.29 is 4.79 Å². The predicted octanol–water partition coefficient (Wildman–Crippen LogP) is -4.72. The molecule has 0 aliphatic carbocycles. The van der Waals surface area contributed by atoms with Crippen LogP contribution in [-0.2, 0) is 11.8 Å². The summed E-state index contributed by atoms with van der Waals surface area (Å²) in [5.41, 5.74) is 9.10. The van der Waals surface area contributed by atoms with E-state index in [-0.39, 0.29) is 5.91 Å². The molecule has 0 saturated heterocycles. The topological polar surface area (TPSA) is 72.7 Å². The molecular formula is C22H24B5N5O. The van der Waals surface area contributed by atoms with Gasteiger partial charge in [0.25, 0.3) is 0 Å². The maximum absolute atomic E-state index is 12.7. The van der Waals surface area contributed by atoms with Crippen LogP contribution in [0.5, 0.6) is 0 Å². The summed E-state index contributed by atoms with van der Waals surface area (Å²) < 4.78 is 2.00. The molecular weight excluding hydrogens is 404 g/mol.